The molecule has 0 aliphatic carbocycles. The Labute approximate surface area is 187 Å². The monoisotopic (exact) mass is 522 g/mol. The summed E-state index contributed by atoms with van der Waals surface area (Å²) in [5.74, 6) is 0.616. The van der Waals surface area contributed by atoms with Crippen LogP contribution in [-0.2, 0) is 16.2 Å². The van der Waals surface area contributed by atoms with Gasteiger partial charge in [0.25, 0.3) is 0 Å². The SMILES string of the molecule is O=S(=O)(c1cccc(C(F)(F)F)c1)N1CCN(C[C@H](O)COc2cccc(Br)c2)CC1. The summed E-state index contributed by atoms with van der Waals surface area (Å²) in [5.41, 5.74) is -0.999. The molecular formula is C20H22BrF3N2O4S. The van der Waals surface area contributed by atoms with Gasteiger partial charge in [0, 0.05) is 37.2 Å². The first-order valence-electron chi connectivity index (χ1n) is 9.52. The summed E-state index contributed by atoms with van der Waals surface area (Å²) in [4.78, 5) is 1.52. The average Bonchev–Trinajstić information content (AvgIpc) is 2.72. The standard InChI is InChI=1S/C20H22BrF3N2O4S/c21-16-4-2-5-18(12-16)30-14-17(27)13-25-7-9-26(10-8-25)31(28,29)19-6-1-3-15(11-19)20(22,23)24/h1-6,11-12,17,27H,7-10,13-14H2/t17-/m0/s1. The molecule has 1 heterocycles. The fraction of sp³-hybridized carbons (Fsp3) is 0.400. The highest BCUT2D eigenvalue weighted by Crippen LogP contribution is 2.31. The number of ether oxygens (including phenoxy) is 1. The zero-order valence-corrected chi connectivity index (χ0v) is 18.8. The smallest absolute Gasteiger partial charge is 0.416 e. The first-order valence-corrected chi connectivity index (χ1v) is 11.8. The van der Waals surface area contributed by atoms with E-state index in [9.17, 15) is 26.7 Å². The van der Waals surface area contributed by atoms with Crippen molar-refractivity contribution in [3.8, 4) is 5.75 Å². The Hall–Kier alpha value is -1.66. The number of piperazine rings is 1. The lowest BCUT2D eigenvalue weighted by Crippen LogP contribution is -2.50. The molecule has 0 amide bonds. The van der Waals surface area contributed by atoms with Gasteiger partial charge in [0.1, 0.15) is 18.5 Å². The molecule has 0 bridgehead atoms. The third-order valence-electron chi connectivity index (χ3n) is 4.84. The highest BCUT2D eigenvalue weighted by Gasteiger charge is 2.34. The van der Waals surface area contributed by atoms with Gasteiger partial charge < -0.3 is 9.84 Å². The molecule has 0 spiro atoms. The van der Waals surface area contributed by atoms with E-state index in [0.29, 0.717) is 31.5 Å². The number of halogens is 4. The van der Waals surface area contributed by atoms with Crippen LogP contribution in [0.2, 0.25) is 0 Å². The van der Waals surface area contributed by atoms with Gasteiger partial charge in [-0.2, -0.15) is 17.5 Å². The van der Waals surface area contributed by atoms with Gasteiger partial charge in [-0.05, 0) is 36.4 Å². The Morgan fingerprint density at radius 2 is 1.74 bits per heavy atom. The Kier molecular flexibility index (Phi) is 7.63. The summed E-state index contributed by atoms with van der Waals surface area (Å²) in [6.45, 7) is 1.33. The van der Waals surface area contributed by atoms with Crippen LogP contribution in [0.3, 0.4) is 0 Å². The molecule has 3 rings (SSSR count). The van der Waals surface area contributed by atoms with E-state index in [4.69, 9.17) is 4.74 Å². The molecule has 1 aliphatic rings. The summed E-state index contributed by atoms with van der Waals surface area (Å²) < 4.78 is 71.8. The molecule has 170 valence electrons. The van der Waals surface area contributed by atoms with Crippen LogP contribution in [0.25, 0.3) is 0 Å². The minimum Gasteiger partial charge on any atom is -0.491 e. The minimum absolute atomic E-state index is 0.0825. The second-order valence-corrected chi connectivity index (χ2v) is 10.0. The van der Waals surface area contributed by atoms with Crippen molar-refractivity contribution in [2.75, 3.05) is 39.3 Å². The third kappa shape index (κ3) is 6.42. The maximum Gasteiger partial charge on any atom is 0.416 e. The Bertz CT molecular complexity index is 996. The molecule has 0 saturated carbocycles. The predicted octanol–water partition coefficient (Wildman–Crippen LogP) is 3.21. The number of hydrogen-bond acceptors (Lipinski definition) is 5. The predicted molar refractivity (Wildman–Crippen MR) is 112 cm³/mol. The number of benzene rings is 2. The number of rotatable bonds is 7. The summed E-state index contributed by atoms with van der Waals surface area (Å²) >= 11 is 3.34. The fourth-order valence-electron chi connectivity index (χ4n) is 3.23. The maximum absolute atomic E-state index is 12.9. The van der Waals surface area contributed by atoms with E-state index in [-0.39, 0.29) is 24.6 Å². The number of nitrogens with zero attached hydrogens (tertiary/aromatic N) is 2. The Morgan fingerprint density at radius 1 is 1.06 bits per heavy atom. The normalized spacial score (nSPS) is 17.5. The number of sulfonamides is 1. The highest BCUT2D eigenvalue weighted by molar-refractivity contribution is 9.10. The van der Waals surface area contributed by atoms with Crippen molar-refractivity contribution < 1.29 is 31.4 Å². The molecule has 0 aromatic heterocycles. The Balaban J connectivity index is 1.53. The molecule has 6 nitrogen and oxygen atoms in total. The van der Waals surface area contributed by atoms with Crippen LogP contribution in [0.4, 0.5) is 13.2 Å². The minimum atomic E-state index is -4.61. The molecule has 1 N–H and O–H groups in total. The molecule has 1 fully saturated rings. The van der Waals surface area contributed by atoms with E-state index < -0.39 is 27.9 Å². The van der Waals surface area contributed by atoms with Gasteiger partial charge in [-0.1, -0.05) is 28.1 Å². The average molecular weight is 523 g/mol. The van der Waals surface area contributed by atoms with Gasteiger partial charge in [-0.3, -0.25) is 4.90 Å². The summed E-state index contributed by atoms with van der Waals surface area (Å²) in [7, 11) is -4.03. The fourth-order valence-corrected chi connectivity index (χ4v) is 5.08. The van der Waals surface area contributed by atoms with Gasteiger partial charge in [0.2, 0.25) is 10.0 Å². The number of hydrogen-bond donors (Lipinski definition) is 1. The molecule has 0 unspecified atom stereocenters. The van der Waals surface area contributed by atoms with Crippen LogP contribution < -0.4 is 4.74 Å². The zero-order valence-electron chi connectivity index (χ0n) is 16.4. The van der Waals surface area contributed by atoms with Crippen molar-refractivity contribution in [1.29, 1.82) is 0 Å². The topological polar surface area (TPSA) is 70.1 Å². The van der Waals surface area contributed by atoms with Crippen LogP contribution in [0.15, 0.2) is 57.9 Å². The van der Waals surface area contributed by atoms with Crippen LogP contribution in [-0.4, -0.2) is 68.2 Å². The largest absolute Gasteiger partial charge is 0.491 e. The molecule has 2 aromatic carbocycles. The lowest BCUT2D eigenvalue weighted by atomic mass is 10.2. The van der Waals surface area contributed by atoms with E-state index >= 15 is 0 Å². The summed E-state index contributed by atoms with van der Waals surface area (Å²) in [5, 5.41) is 10.2. The number of aliphatic hydroxyl groups is 1. The summed E-state index contributed by atoms with van der Waals surface area (Å²) in [6.07, 6.45) is -5.39. The number of aliphatic hydroxyl groups excluding tert-OH is 1. The molecule has 1 atom stereocenters. The molecule has 1 saturated heterocycles. The van der Waals surface area contributed by atoms with Gasteiger partial charge >= 0.3 is 6.18 Å². The number of β-amino-alcohol motifs (C(OH)–C–C–N with tert-alkyl or cyclic N) is 1. The van der Waals surface area contributed by atoms with Crippen molar-refractivity contribution in [3.63, 3.8) is 0 Å². The highest BCUT2D eigenvalue weighted by atomic mass is 79.9. The first kappa shape index (κ1) is 24.0. The van der Waals surface area contributed by atoms with Gasteiger partial charge in [0.05, 0.1) is 10.5 Å². The first-order chi connectivity index (χ1) is 14.6. The molecule has 31 heavy (non-hydrogen) atoms. The van der Waals surface area contributed by atoms with Crippen LogP contribution in [0.5, 0.6) is 5.75 Å². The van der Waals surface area contributed by atoms with E-state index in [1.165, 1.54) is 10.4 Å². The van der Waals surface area contributed by atoms with Crippen molar-refractivity contribution in [2.24, 2.45) is 0 Å². The maximum atomic E-state index is 12.9. The van der Waals surface area contributed by atoms with E-state index in [0.717, 1.165) is 16.6 Å². The molecule has 2 aromatic rings. The molecule has 11 heteroatoms. The van der Waals surface area contributed by atoms with Gasteiger partial charge in [0.15, 0.2) is 0 Å². The lowest BCUT2D eigenvalue weighted by Gasteiger charge is -2.34. The van der Waals surface area contributed by atoms with Crippen molar-refractivity contribution in [3.05, 3.63) is 58.6 Å². The van der Waals surface area contributed by atoms with Crippen LogP contribution in [0, 0.1) is 0 Å². The summed E-state index contributed by atoms with van der Waals surface area (Å²) in [6, 6.07) is 11.0. The van der Waals surface area contributed by atoms with E-state index in [1.54, 1.807) is 12.1 Å². The van der Waals surface area contributed by atoms with E-state index in [2.05, 4.69) is 15.9 Å². The van der Waals surface area contributed by atoms with Crippen molar-refractivity contribution in [2.45, 2.75) is 17.2 Å². The molecule has 0 radical (unpaired) electrons. The van der Waals surface area contributed by atoms with Crippen LogP contribution >= 0.6 is 15.9 Å². The number of alkyl halides is 3. The van der Waals surface area contributed by atoms with Gasteiger partial charge in [-0.15, -0.1) is 0 Å². The molecular weight excluding hydrogens is 501 g/mol. The van der Waals surface area contributed by atoms with Crippen molar-refractivity contribution >= 4 is 26.0 Å². The second-order valence-electron chi connectivity index (χ2n) is 7.15. The molecule has 1 aliphatic heterocycles. The van der Waals surface area contributed by atoms with Gasteiger partial charge in [-0.25, -0.2) is 8.42 Å². The van der Waals surface area contributed by atoms with Crippen LogP contribution in [0.1, 0.15) is 5.56 Å². The Morgan fingerprint density at radius 3 is 2.39 bits per heavy atom. The lowest BCUT2D eigenvalue weighted by molar-refractivity contribution is -0.137. The second kappa shape index (κ2) is 9.86. The van der Waals surface area contributed by atoms with Crippen molar-refractivity contribution in [1.82, 2.24) is 9.21 Å². The zero-order chi connectivity index (χ0) is 22.6. The third-order valence-corrected chi connectivity index (χ3v) is 7.23. The van der Waals surface area contributed by atoms with E-state index in [1.807, 2.05) is 17.0 Å². The quantitative estimate of drug-likeness (QED) is 0.604.